The van der Waals surface area contributed by atoms with Gasteiger partial charge in [-0.05, 0) is 49.1 Å². The number of aromatic nitrogens is 1. The van der Waals surface area contributed by atoms with Gasteiger partial charge in [0.1, 0.15) is 11.9 Å². The average Bonchev–Trinajstić information content (AvgIpc) is 3.18. The lowest BCUT2D eigenvalue weighted by Gasteiger charge is -2.32. The largest absolute Gasteiger partial charge is 0.504 e. The molecule has 0 aliphatic carbocycles. The maximum atomic E-state index is 14.2. The van der Waals surface area contributed by atoms with Crippen molar-refractivity contribution in [3.63, 3.8) is 0 Å². The summed E-state index contributed by atoms with van der Waals surface area (Å²) in [5.41, 5.74) is 0.268. The van der Waals surface area contributed by atoms with Gasteiger partial charge in [-0.3, -0.25) is 4.90 Å². The first kappa shape index (κ1) is 32.8. The molecule has 3 heterocycles. The van der Waals surface area contributed by atoms with Crippen LogP contribution in [0.4, 0.5) is 37.0 Å². The normalized spacial score (nSPS) is 20.7. The molecule has 2 saturated heterocycles. The van der Waals surface area contributed by atoms with Gasteiger partial charge >= 0.3 is 12.3 Å². The number of halogens is 6. The Morgan fingerprint density at radius 2 is 1.86 bits per heavy atom. The molecule has 0 bridgehead atoms. The number of amides is 1. The molecule has 2 aliphatic rings. The number of pyridine rings is 1. The third-order valence-electron chi connectivity index (χ3n) is 6.97. The number of ether oxygens (including phenoxy) is 2. The van der Waals surface area contributed by atoms with Crippen molar-refractivity contribution in [2.45, 2.75) is 63.9 Å². The van der Waals surface area contributed by atoms with E-state index in [1.54, 1.807) is 37.3 Å². The first-order valence-electron chi connectivity index (χ1n) is 13.6. The fourth-order valence-corrected chi connectivity index (χ4v) is 4.48. The first-order valence-corrected chi connectivity index (χ1v) is 13.6. The van der Waals surface area contributed by atoms with Crippen LogP contribution >= 0.6 is 0 Å². The molecule has 1 amide bonds. The Balaban J connectivity index is 1.94. The van der Waals surface area contributed by atoms with Gasteiger partial charge in [0.15, 0.2) is 6.67 Å². The molecule has 230 valence electrons. The highest BCUT2D eigenvalue weighted by Crippen LogP contribution is 2.34. The number of nitrogens with zero attached hydrogens (tertiary/aromatic N) is 3. The number of allylic oxidation sites excluding steroid dienone is 6. The van der Waals surface area contributed by atoms with E-state index >= 15 is 0 Å². The van der Waals surface area contributed by atoms with Crippen molar-refractivity contribution in [2.24, 2.45) is 0 Å². The van der Waals surface area contributed by atoms with E-state index in [0.717, 1.165) is 31.4 Å². The molecular weight excluding hydrogens is 564 g/mol. The van der Waals surface area contributed by atoms with Gasteiger partial charge in [-0.2, -0.15) is 22.0 Å². The Morgan fingerprint density at radius 1 is 1.14 bits per heavy atom. The predicted octanol–water partition coefficient (Wildman–Crippen LogP) is 7.55. The van der Waals surface area contributed by atoms with Gasteiger partial charge in [0.05, 0.1) is 38.1 Å². The summed E-state index contributed by atoms with van der Waals surface area (Å²) in [5.74, 6) is -3.15. The molecule has 1 aromatic rings. The maximum Gasteiger partial charge on any atom is 0.411 e. The Hall–Kier alpha value is -3.70. The molecule has 12 heteroatoms. The number of carbonyl (C=O) groups excluding carboxylic acids is 1. The zero-order chi connectivity index (χ0) is 30.9. The van der Waals surface area contributed by atoms with E-state index in [-0.39, 0.29) is 18.5 Å². The monoisotopic (exact) mass is 599 g/mol. The predicted molar refractivity (Wildman–Crippen MR) is 149 cm³/mol. The third kappa shape index (κ3) is 8.65. The zero-order valence-electron chi connectivity index (χ0n) is 23.7. The topological polar surface area (TPSA) is 54.9 Å². The first-order chi connectivity index (χ1) is 19.9. The minimum absolute atomic E-state index is 0.0390. The van der Waals surface area contributed by atoms with Gasteiger partial charge in [-0.25, -0.2) is 14.2 Å². The number of hydrogen-bond acceptors (Lipinski definition) is 5. The van der Waals surface area contributed by atoms with Crippen LogP contribution in [-0.2, 0) is 16.0 Å². The molecule has 0 spiro atoms. The van der Waals surface area contributed by atoms with Crippen molar-refractivity contribution >= 4 is 18.0 Å². The number of anilines is 1. The summed E-state index contributed by atoms with van der Waals surface area (Å²) in [6.07, 6.45) is 4.38. The van der Waals surface area contributed by atoms with E-state index in [1.807, 2.05) is 12.1 Å². The van der Waals surface area contributed by atoms with Gasteiger partial charge in [0.2, 0.25) is 0 Å². The highest BCUT2D eigenvalue weighted by atomic mass is 19.4. The maximum absolute atomic E-state index is 14.2. The zero-order valence-corrected chi connectivity index (χ0v) is 23.7. The molecule has 2 fully saturated rings. The molecule has 0 saturated carbocycles. The van der Waals surface area contributed by atoms with E-state index < -0.39 is 49.0 Å². The smallest absolute Gasteiger partial charge is 0.411 e. The summed E-state index contributed by atoms with van der Waals surface area (Å²) in [6, 6.07) is 2.89. The summed E-state index contributed by atoms with van der Waals surface area (Å²) >= 11 is 0. The van der Waals surface area contributed by atoms with E-state index in [1.165, 1.54) is 25.2 Å². The molecule has 0 radical (unpaired) electrons. The third-order valence-corrected chi connectivity index (χ3v) is 6.97. The van der Waals surface area contributed by atoms with Gasteiger partial charge in [-0.15, -0.1) is 0 Å². The van der Waals surface area contributed by atoms with Crippen molar-refractivity contribution in [1.82, 2.24) is 9.88 Å². The lowest BCUT2D eigenvalue weighted by Crippen LogP contribution is -2.38. The van der Waals surface area contributed by atoms with Crippen molar-refractivity contribution in [1.29, 1.82) is 0 Å². The van der Waals surface area contributed by atoms with Gasteiger partial charge < -0.3 is 14.4 Å². The van der Waals surface area contributed by atoms with E-state index in [9.17, 15) is 31.1 Å². The Kier molecular flexibility index (Phi) is 11.3. The van der Waals surface area contributed by atoms with Crippen LogP contribution in [0.5, 0.6) is 0 Å². The molecular formula is C30H35F6N3O3. The van der Waals surface area contributed by atoms with Crippen LogP contribution in [0, 0.1) is 0 Å². The van der Waals surface area contributed by atoms with Crippen LogP contribution < -0.4 is 4.90 Å². The molecule has 0 aromatic carbocycles. The van der Waals surface area contributed by atoms with Crippen LogP contribution in [0.1, 0.15) is 44.4 Å². The second-order valence-electron chi connectivity index (χ2n) is 9.91. The Labute approximate surface area is 241 Å². The number of cyclic esters (lactones) is 1. The van der Waals surface area contributed by atoms with Crippen molar-refractivity contribution in [2.75, 3.05) is 31.8 Å². The molecule has 2 unspecified atom stereocenters. The van der Waals surface area contributed by atoms with E-state index in [4.69, 9.17) is 14.5 Å². The van der Waals surface area contributed by atoms with Gasteiger partial charge in [0, 0.05) is 18.7 Å². The number of alkyl halides is 6. The Morgan fingerprint density at radius 3 is 2.45 bits per heavy atom. The molecule has 42 heavy (non-hydrogen) atoms. The molecule has 2 atom stereocenters. The van der Waals surface area contributed by atoms with Crippen LogP contribution in [0.15, 0.2) is 66.0 Å². The molecule has 2 aliphatic heterocycles. The van der Waals surface area contributed by atoms with Crippen molar-refractivity contribution < 1.29 is 40.6 Å². The van der Waals surface area contributed by atoms with Gasteiger partial charge in [0.25, 0.3) is 5.92 Å². The average molecular weight is 600 g/mol. The number of rotatable bonds is 13. The second kappa shape index (κ2) is 14.5. The van der Waals surface area contributed by atoms with Crippen LogP contribution in [-0.4, -0.2) is 67.1 Å². The Bertz CT molecular complexity index is 1240. The number of hydrogen-bond donors (Lipinski definition) is 0. The minimum Gasteiger partial charge on any atom is -0.504 e. The van der Waals surface area contributed by atoms with E-state index in [2.05, 4.69) is 4.90 Å². The number of methoxy groups -OCH3 is 1. The highest BCUT2D eigenvalue weighted by Gasteiger charge is 2.42. The van der Waals surface area contributed by atoms with Crippen LogP contribution in [0.3, 0.4) is 0 Å². The SMILES string of the molecule is CC/C(=C\C(=C/CC(F)(F)F)C1OC(=O)N(Cc2nc(N3CCC3)ccc2/C=C/C=C\C=C\OC)C1C)C(F)(F)CF. The molecule has 3 rings (SSSR count). The summed E-state index contributed by atoms with van der Waals surface area (Å²) in [7, 11) is 1.53. The van der Waals surface area contributed by atoms with Crippen LogP contribution in [0.2, 0.25) is 0 Å². The van der Waals surface area contributed by atoms with Crippen LogP contribution in [0.25, 0.3) is 6.08 Å². The summed E-state index contributed by atoms with van der Waals surface area (Å²) < 4.78 is 91.1. The lowest BCUT2D eigenvalue weighted by atomic mass is 9.96. The number of carbonyl (C=O) groups is 1. The fraction of sp³-hybridized carbons (Fsp3) is 0.467. The summed E-state index contributed by atoms with van der Waals surface area (Å²) in [6.45, 7) is 2.54. The standard InChI is InChI=1S/C30H35F6N3O3/c1-4-24(29(32,33)20-31)18-23(13-14-30(34,35)36)27-21(2)39(28(40)42-27)19-25-22(10-7-5-6-8-17-41-3)11-12-26(37-25)38-15-9-16-38/h5-8,10-13,17-18,21,27H,4,9,14-16,19-20H2,1-3H3/b6-5-,10-7+,17-8+,23-13+,24-18+. The highest BCUT2D eigenvalue weighted by molar-refractivity contribution is 5.72. The van der Waals surface area contributed by atoms with Crippen molar-refractivity contribution in [3.05, 3.63) is 77.3 Å². The molecule has 0 N–H and O–H groups in total. The molecule has 1 aromatic heterocycles. The quantitative estimate of drug-likeness (QED) is 0.133. The van der Waals surface area contributed by atoms with Gasteiger partial charge in [-0.1, -0.05) is 43.4 Å². The van der Waals surface area contributed by atoms with E-state index in [0.29, 0.717) is 17.3 Å². The molecule has 6 nitrogen and oxygen atoms in total. The summed E-state index contributed by atoms with van der Waals surface area (Å²) in [4.78, 5) is 21.1. The minimum atomic E-state index is -4.63. The fourth-order valence-electron chi connectivity index (χ4n) is 4.48. The van der Waals surface area contributed by atoms with Crippen molar-refractivity contribution in [3.8, 4) is 0 Å². The lowest BCUT2D eigenvalue weighted by molar-refractivity contribution is -0.125. The second-order valence-corrected chi connectivity index (χ2v) is 9.91. The summed E-state index contributed by atoms with van der Waals surface area (Å²) in [5, 5.41) is 0.